The van der Waals surface area contributed by atoms with Crippen molar-refractivity contribution in [2.75, 3.05) is 44.6 Å². The summed E-state index contributed by atoms with van der Waals surface area (Å²) in [6.45, 7) is 10.2. The molecule has 2 amide bonds. The molecule has 1 aromatic heterocycles. The fourth-order valence-corrected chi connectivity index (χ4v) is 5.92. The monoisotopic (exact) mass is 527 g/mol. The minimum Gasteiger partial charge on any atom is -0.480 e. The minimum atomic E-state index is -1.00. The molecular formula is C29H45N5O4. The second-order valence-corrected chi connectivity index (χ2v) is 12.4. The zero-order chi connectivity index (χ0) is 27.3. The Morgan fingerprint density at radius 1 is 1.16 bits per heavy atom. The highest BCUT2D eigenvalue weighted by Crippen LogP contribution is 2.25. The van der Waals surface area contributed by atoms with E-state index in [1.165, 1.54) is 5.56 Å². The Morgan fingerprint density at radius 3 is 2.74 bits per heavy atom. The molecule has 0 radical (unpaired) electrons. The van der Waals surface area contributed by atoms with E-state index in [4.69, 9.17) is 4.98 Å². The van der Waals surface area contributed by atoms with E-state index in [1.54, 1.807) is 4.90 Å². The molecule has 0 spiro atoms. The molecule has 0 bridgehead atoms. The van der Waals surface area contributed by atoms with Gasteiger partial charge in [-0.15, -0.1) is 0 Å². The number of nitrogens with one attached hydrogen (secondary N) is 2. The van der Waals surface area contributed by atoms with E-state index in [0.717, 1.165) is 69.7 Å². The average Bonchev–Trinajstić information content (AvgIpc) is 3.36. The van der Waals surface area contributed by atoms with E-state index in [2.05, 4.69) is 27.7 Å². The second kappa shape index (κ2) is 12.5. The van der Waals surface area contributed by atoms with E-state index < -0.39 is 17.4 Å². The van der Waals surface area contributed by atoms with Crippen LogP contribution in [0.4, 0.5) is 5.82 Å². The van der Waals surface area contributed by atoms with Gasteiger partial charge in [0.15, 0.2) is 0 Å². The van der Waals surface area contributed by atoms with E-state index in [-0.39, 0.29) is 17.7 Å². The lowest BCUT2D eigenvalue weighted by Crippen LogP contribution is -2.51. The van der Waals surface area contributed by atoms with Gasteiger partial charge < -0.3 is 25.5 Å². The molecule has 9 heteroatoms. The number of carbonyl (C=O) groups is 3. The van der Waals surface area contributed by atoms with Crippen LogP contribution in [0.2, 0.25) is 0 Å². The van der Waals surface area contributed by atoms with Gasteiger partial charge >= 0.3 is 5.97 Å². The number of amides is 2. The van der Waals surface area contributed by atoms with Gasteiger partial charge in [0.1, 0.15) is 11.9 Å². The molecule has 1 unspecified atom stereocenters. The van der Waals surface area contributed by atoms with Crippen molar-refractivity contribution in [1.29, 1.82) is 0 Å². The maximum atomic E-state index is 13.0. The fraction of sp³-hybridized carbons (Fsp3) is 0.724. The maximum Gasteiger partial charge on any atom is 0.326 e. The van der Waals surface area contributed by atoms with Crippen LogP contribution in [0.5, 0.6) is 0 Å². The van der Waals surface area contributed by atoms with E-state index >= 15 is 0 Å². The highest BCUT2D eigenvalue weighted by molar-refractivity contribution is 5.86. The number of piperidine rings is 1. The van der Waals surface area contributed by atoms with Crippen LogP contribution in [-0.2, 0) is 27.2 Å². The van der Waals surface area contributed by atoms with E-state index in [9.17, 15) is 19.5 Å². The van der Waals surface area contributed by atoms with Crippen LogP contribution in [0.1, 0.15) is 70.6 Å². The Labute approximate surface area is 226 Å². The first-order chi connectivity index (χ1) is 18.1. The third-order valence-electron chi connectivity index (χ3n) is 8.20. The van der Waals surface area contributed by atoms with Gasteiger partial charge in [0.05, 0.1) is 5.92 Å². The van der Waals surface area contributed by atoms with Crippen molar-refractivity contribution in [1.82, 2.24) is 20.1 Å². The van der Waals surface area contributed by atoms with Gasteiger partial charge in [0, 0.05) is 43.8 Å². The van der Waals surface area contributed by atoms with Crippen molar-refractivity contribution in [3.8, 4) is 0 Å². The largest absolute Gasteiger partial charge is 0.480 e. The van der Waals surface area contributed by atoms with E-state index in [1.807, 2.05) is 20.8 Å². The number of aromatic nitrogens is 1. The Kier molecular flexibility index (Phi) is 9.28. The van der Waals surface area contributed by atoms with Crippen molar-refractivity contribution < 1.29 is 19.5 Å². The van der Waals surface area contributed by atoms with Gasteiger partial charge in [-0.2, -0.15) is 0 Å². The number of carbonyl (C=O) groups excluding carboxylic acids is 2. The molecule has 1 aromatic rings. The molecule has 4 heterocycles. The fourth-order valence-electron chi connectivity index (χ4n) is 5.92. The standard InChI is InChI=1S/C29H45N5O4/c1-29(2,3)28(38)34-15-5-7-22(19-34)26(35)32-24(27(36)37)13-17-33-16-12-20(18-33)8-10-23-11-9-21-6-4-14-30-25(21)31-23/h9,11,20,22,24H,4-8,10,12-19H2,1-3H3,(H,30,31)(H,32,35)(H,36,37)/t20-,22-,24?/m1/s1. The van der Waals surface area contributed by atoms with Gasteiger partial charge in [-0.25, -0.2) is 9.78 Å². The molecule has 0 saturated carbocycles. The van der Waals surface area contributed by atoms with Crippen LogP contribution in [0.3, 0.4) is 0 Å². The normalized spacial score (nSPS) is 22.9. The third kappa shape index (κ3) is 7.46. The SMILES string of the molecule is CC(C)(C)C(=O)N1CCC[C@@H](C(=O)NC(CCN2CC[C@@H](CCc3ccc4c(n3)NCCC4)C2)C(=O)O)C1. The highest BCUT2D eigenvalue weighted by atomic mass is 16.4. The summed E-state index contributed by atoms with van der Waals surface area (Å²) in [4.78, 5) is 46.4. The molecule has 0 aromatic carbocycles. The first-order valence-electron chi connectivity index (χ1n) is 14.4. The summed E-state index contributed by atoms with van der Waals surface area (Å²) >= 11 is 0. The molecule has 3 aliphatic rings. The first-order valence-corrected chi connectivity index (χ1v) is 14.4. The van der Waals surface area contributed by atoms with Crippen LogP contribution >= 0.6 is 0 Å². The topological polar surface area (TPSA) is 115 Å². The van der Waals surface area contributed by atoms with Crippen LogP contribution in [-0.4, -0.2) is 83.0 Å². The maximum absolute atomic E-state index is 13.0. The minimum absolute atomic E-state index is 0.0347. The number of hydrogen-bond acceptors (Lipinski definition) is 6. The number of aliphatic carboxylic acids is 1. The Hall–Kier alpha value is -2.68. The summed E-state index contributed by atoms with van der Waals surface area (Å²) in [5, 5.41) is 16.0. The molecule has 3 aliphatic heterocycles. The summed E-state index contributed by atoms with van der Waals surface area (Å²) in [6, 6.07) is 3.45. The average molecular weight is 528 g/mol. The van der Waals surface area contributed by atoms with Crippen molar-refractivity contribution in [3.05, 3.63) is 23.4 Å². The third-order valence-corrected chi connectivity index (χ3v) is 8.20. The Morgan fingerprint density at radius 2 is 1.97 bits per heavy atom. The molecular weight excluding hydrogens is 482 g/mol. The number of carboxylic acids is 1. The van der Waals surface area contributed by atoms with Crippen molar-refractivity contribution in [2.45, 2.75) is 78.2 Å². The van der Waals surface area contributed by atoms with Gasteiger partial charge in [-0.3, -0.25) is 9.59 Å². The van der Waals surface area contributed by atoms with Crippen LogP contribution in [0.15, 0.2) is 12.1 Å². The Balaban J connectivity index is 1.21. The van der Waals surface area contributed by atoms with Crippen molar-refractivity contribution in [3.63, 3.8) is 0 Å². The van der Waals surface area contributed by atoms with Crippen LogP contribution in [0, 0.1) is 17.3 Å². The summed E-state index contributed by atoms with van der Waals surface area (Å²) < 4.78 is 0. The van der Waals surface area contributed by atoms with Gasteiger partial charge in [0.25, 0.3) is 0 Å². The summed E-state index contributed by atoms with van der Waals surface area (Å²) in [7, 11) is 0. The van der Waals surface area contributed by atoms with Gasteiger partial charge in [0.2, 0.25) is 11.8 Å². The number of nitrogens with zero attached hydrogens (tertiary/aromatic N) is 3. The van der Waals surface area contributed by atoms with Gasteiger partial charge in [-0.05, 0) is 75.5 Å². The lowest BCUT2D eigenvalue weighted by Gasteiger charge is -2.36. The molecule has 3 N–H and O–H groups in total. The predicted octanol–water partition coefficient (Wildman–Crippen LogP) is 2.94. The number of rotatable bonds is 9. The number of pyridine rings is 1. The smallest absolute Gasteiger partial charge is 0.326 e. The van der Waals surface area contributed by atoms with Crippen LogP contribution in [0.25, 0.3) is 0 Å². The number of anilines is 1. The predicted molar refractivity (Wildman–Crippen MR) is 147 cm³/mol. The molecule has 210 valence electrons. The lowest BCUT2D eigenvalue weighted by atomic mass is 9.90. The zero-order valence-electron chi connectivity index (χ0n) is 23.3. The summed E-state index contributed by atoms with van der Waals surface area (Å²) in [5.74, 6) is 0.0419. The lowest BCUT2D eigenvalue weighted by molar-refractivity contribution is -0.146. The number of carboxylic acid groups (broad SMARTS) is 1. The first kappa shape index (κ1) is 28.3. The quantitative estimate of drug-likeness (QED) is 0.452. The van der Waals surface area contributed by atoms with E-state index in [0.29, 0.717) is 38.4 Å². The van der Waals surface area contributed by atoms with Crippen molar-refractivity contribution in [2.24, 2.45) is 17.3 Å². The summed E-state index contributed by atoms with van der Waals surface area (Å²) in [6.07, 6.45) is 7.21. The summed E-state index contributed by atoms with van der Waals surface area (Å²) in [5.41, 5.74) is 1.95. The number of hydrogen-bond donors (Lipinski definition) is 3. The molecule has 4 rings (SSSR count). The van der Waals surface area contributed by atoms with Crippen molar-refractivity contribution >= 4 is 23.6 Å². The molecule has 2 saturated heterocycles. The molecule has 2 fully saturated rings. The molecule has 38 heavy (non-hydrogen) atoms. The zero-order valence-corrected chi connectivity index (χ0v) is 23.3. The Bertz CT molecular complexity index is 1010. The second-order valence-electron chi connectivity index (χ2n) is 12.4. The molecule has 3 atom stereocenters. The molecule has 9 nitrogen and oxygen atoms in total. The highest BCUT2D eigenvalue weighted by Gasteiger charge is 2.35. The number of fused-ring (bicyclic) bond motifs is 1. The van der Waals surface area contributed by atoms with Crippen LogP contribution < -0.4 is 10.6 Å². The molecule has 0 aliphatic carbocycles. The number of aryl methyl sites for hydroxylation is 2. The number of likely N-dealkylation sites (tertiary alicyclic amines) is 2. The van der Waals surface area contributed by atoms with Gasteiger partial charge in [-0.1, -0.05) is 26.8 Å².